The molecule has 0 heterocycles. The number of halogens is 1. The van der Waals surface area contributed by atoms with Crippen LogP contribution in [-0.4, -0.2) is 6.61 Å². The molecule has 1 aromatic rings. The average Bonchev–Trinajstić information content (AvgIpc) is 2.14. The van der Waals surface area contributed by atoms with Gasteiger partial charge in [0.1, 0.15) is 5.75 Å². The van der Waals surface area contributed by atoms with Crippen molar-refractivity contribution in [2.75, 3.05) is 6.61 Å². The Morgan fingerprint density at radius 2 is 2.00 bits per heavy atom. The van der Waals surface area contributed by atoms with Crippen molar-refractivity contribution in [2.24, 2.45) is 0 Å². The molecule has 0 amide bonds. The van der Waals surface area contributed by atoms with Gasteiger partial charge in [-0.1, -0.05) is 24.6 Å². The van der Waals surface area contributed by atoms with Crippen LogP contribution in [0.1, 0.15) is 25.0 Å². The van der Waals surface area contributed by atoms with Crippen molar-refractivity contribution in [1.29, 1.82) is 0 Å². The highest BCUT2D eigenvalue weighted by atomic mass is 35.5. The maximum atomic E-state index is 6.15. The third kappa shape index (κ3) is 2.16. The van der Waals surface area contributed by atoms with Crippen LogP contribution in [0.4, 0.5) is 0 Å². The third-order valence-corrected chi connectivity index (χ3v) is 2.62. The maximum Gasteiger partial charge on any atom is 0.123 e. The zero-order valence-electron chi connectivity index (χ0n) is 8.36. The van der Waals surface area contributed by atoms with Crippen molar-refractivity contribution >= 4 is 11.6 Å². The van der Waals surface area contributed by atoms with Gasteiger partial charge in [-0.05, 0) is 31.9 Å². The standard InChI is InChI=1S/C11H15ClO/c1-4-9-6-7-10(13-5-2)8(3)11(9)12/h6-7H,4-5H2,1-3H3. The number of benzene rings is 1. The van der Waals surface area contributed by atoms with E-state index in [4.69, 9.17) is 16.3 Å². The summed E-state index contributed by atoms with van der Waals surface area (Å²) in [6, 6.07) is 4.02. The molecule has 1 aromatic carbocycles. The van der Waals surface area contributed by atoms with Crippen LogP contribution in [0.15, 0.2) is 12.1 Å². The molecular formula is C11H15ClO. The third-order valence-electron chi connectivity index (χ3n) is 2.10. The van der Waals surface area contributed by atoms with E-state index in [1.807, 2.05) is 26.0 Å². The van der Waals surface area contributed by atoms with Gasteiger partial charge in [-0.25, -0.2) is 0 Å². The van der Waals surface area contributed by atoms with Crippen LogP contribution >= 0.6 is 11.6 Å². The zero-order chi connectivity index (χ0) is 9.84. The molecule has 0 aliphatic rings. The first-order valence-electron chi connectivity index (χ1n) is 4.61. The first kappa shape index (κ1) is 10.4. The lowest BCUT2D eigenvalue weighted by Gasteiger charge is -2.10. The summed E-state index contributed by atoms with van der Waals surface area (Å²) in [5, 5.41) is 0.841. The minimum Gasteiger partial charge on any atom is -0.494 e. The molecule has 0 bridgehead atoms. The smallest absolute Gasteiger partial charge is 0.123 e. The van der Waals surface area contributed by atoms with Crippen LogP contribution in [0.5, 0.6) is 5.75 Å². The highest BCUT2D eigenvalue weighted by Crippen LogP contribution is 2.29. The minimum absolute atomic E-state index is 0.683. The highest BCUT2D eigenvalue weighted by molar-refractivity contribution is 6.32. The summed E-state index contributed by atoms with van der Waals surface area (Å²) >= 11 is 6.15. The second kappa shape index (κ2) is 4.52. The molecule has 0 atom stereocenters. The van der Waals surface area contributed by atoms with Crippen molar-refractivity contribution in [1.82, 2.24) is 0 Å². The second-order valence-electron chi connectivity index (χ2n) is 2.95. The summed E-state index contributed by atoms with van der Waals surface area (Å²) in [4.78, 5) is 0. The summed E-state index contributed by atoms with van der Waals surface area (Å²) in [5.41, 5.74) is 2.23. The van der Waals surface area contributed by atoms with Gasteiger partial charge in [-0.3, -0.25) is 0 Å². The Hall–Kier alpha value is -0.690. The SMILES string of the molecule is CCOc1ccc(CC)c(Cl)c1C. The van der Waals surface area contributed by atoms with Gasteiger partial charge in [0.15, 0.2) is 0 Å². The van der Waals surface area contributed by atoms with E-state index in [1.54, 1.807) is 0 Å². The minimum atomic E-state index is 0.683. The molecule has 0 unspecified atom stereocenters. The van der Waals surface area contributed by atoms with Crippen LogP contribution < -0.4 is 4.74 Å². The molecular weight excluding hydrogens is 184 g/mol. The molecule has 1 rings (SSSR count). The molecule has 0 spiro atoms. The molecule has 0 N–H and O–H groups in total. The topological polar surface area (TPSA) is 9.23 Å². The Kier molecular flexibility index (Phi) is 3.61. The lowest BCUT2D eigenvalue weighted by Crippen LogP contribution is -1.96. The second-order valence-corrected chi connectivity index (χ2v) is 3.33. The molecule has 0 radical (unpaired) electrons. The quantitative estimate of drug-likeness (QED) is 0.721. The van der Waals surface area contributed by atoms with Crippen molar-refractivity contribution < 1.29 is 4.74 Å². The Balaban J connectivity index is 3.07. The van der Waals surface area contributed by atoms with Crippen molar-refractivity contribution in [3.05, 3.63) is 28.3 Å². The fourth-order valence-electron chi connectivity index (χ4n) is 1.31. The summed E-state index contributed by atoms with van der Waals surface area (Å²) in [6.45, 7) is 6.75. The molecule has 0 saturated heterocycles. The molecule has 72 valence electrons. The Morgan fingerprint density at radius 1 is 1.31 bits per heavy atom. The van der Waals surface area contributed by atoms with E-state index < -0.39 is 0 Å². The van der Waals surface area contributed by atoms with Crippen LogP contribution in [0, 0.1) is 6.92 Å². The lowest BCUT2D eigenvalue weighted by atomic mass is 10.1. The van der Waals surface area contributed by atoms with Gasteiger partial charge in [-0.2, -0.15) is 0 Å². The van der Waals surface area contributed by atoms with Gasteiger partial charge in [0.25, 0.3) is 0 Å². The fraction of sp³-hybridized carbons (Fsp3) is 0.455. The van der Waals surface area contributed by atoms with Gasteiger partial charge in [0.2, 0.25) is 0 Å². The molecule has 2 heteroatoms. The van der Waals surface area contributed by atoms with E-state index in [9.17, 15) is 0 Å². The summed E-state index contributed by atoms with van der Waals surface area (Å²) in [5.74, 6) is 0.893. The Labute approximate surface area is 84.7 Å². The molecule has 0 aliphatic carbocycles. The fourth-order valence-corrected chi connectivity index (χ4v) is 1.60. The van der Waals surface area contributed by atoms with E-state index in [2.05, 4.69) is 6.92 Å². The maximum absolute atomic E-state index is 6.15. The molecule has 13 heavy (non-hydrogen) atoms. The predicted octanol–water partition coefficient (Wildman–Crippen LogP) is 3.61. The molecule has 1 nitrogen and oxygen atoms in total. The zero-order valence-corrected chi connectivity index (χ0v) is 9.11. The van der Waals surface area contributed by atoms with E-state index >= 15 is 0 Å². The van der Waals surface area contributed by atoms with Gasteiger partial charge in [-0.15, -0.1) is 0 Å². The summed E-state index contributed by atoms with van der Waals surface area (Å²) < 4.78 is 5.43. The van der Waals surface area contributed by atoms with Gasteiger partial charge >= 0.3 is 0 Å². The van der Waals surface area contributed by atoms with E-state index in [1.165, 1.54) is 5.56 Å². The number of aryl methyl sites for hydroxylation is 1. The first-order valence-corrected chi connectivity index (χ1v) is 4.99. The van der Waals surface area contributed by atoms with Gasteiger partial charge < -0.3 is 4.74 Å². The average molecular weight is 199 g/mol. The number of ether oxygens (including phenoxy) is 1. The highest BCUT2D eigenvalue weighted by Gasteiger charge is 2.06. The predicted molar refractivity (Wildman–Crippen MR) is 56.7 cm³/mol. The van der Waals surface area contributed by atoms with Crippen LogP contribution in [0.3, 0.4) is 0 Å². The van der Waals surface area contributed by atoms with Crippen LogP contribution in [-0.2, 0) is 6.42 Å². The van der Waals surface area contributed by atoms with Crippen LogP contribution in [0.2, 0.25) is 5.02 Å². The number of rotatable bonds is 3. The van der Waals surface area contributed by atoms with Crippen molar-refractivity contribution in [2.45, 2.75) is 27.2 Å². The van der Waals surface area contributed by atoms with Crippen molar-refractivity contribution in [3.8, 4) is 5.75 Å². The Morgan fingerprint density at radius 3 is 2.54 bits per heavy atom. The van der Waals surface area contributed by atoms with E-state index in [0.29, 0.717) is 6.61 Å². The van der Waals surface area contributed by atoms with Gasteiger partial charge in [0.05, 0.1) is 11.6 Å². The van der Waals surface area contributed by atoms with E-state index in [0.717, 1.165) is 22.8 Å². The normalized spacial score (nSPS) is 10.2. The van der Waals surface area contributed by atoms with Gasteiger partial charge in [0, 0.05) is 5.56 Å². The van der Waals surface area contributed by atoms with E-state index in [-0.39, 0.29) is 0 Å². The van der Waals surface area contributed by atoms with Crippen molar-refractivity contribution in [3.63, 3.8) is 0 Å². The molecule has 0 fully saturated rings. The summed E-state index contributed by atoms with van der Waals surface area (Å²) in [6.07, 6.45) is 0.964. The summed E-state index contributed by atoms with van der Waals surface area (Å²) in [7, 11) is 0. The Bertz CT molecular complexity index is 294. The number of hydrogen-bond acceptors (Lipinski definition) is 1. The monoisotopic (exact) mass is 198 g/mol. The first-order chi connectivity index (χ1) is 6.20. The lowest BCUT2D eigenvalue weighted by molar-refractivity contribution is 0.338. The number of hydrogen-bond donors (Lipinski definition) is 0. The molecule has 0 aliphatic heterocycles. The molecule has 0 aromatic heterocycles. The largest absolute Gasteiger partial charge is 0.494 e. The molecule has 0 saturated carbocycles. The van der Waals surface area contributed by atoms with Crippen LogP contribution in [0.25, 0.3) is 0 Å².